The van der Waals surface area contributed by atoms with Crippen LogP contribution in [0.15, 0.2) is 0 Å². The zero-order valence-electron chi connectivity index (χ0n) is 9.61. The number of amides is 2. The summed E-state index contributed by atoms with van der Waals surface area (Å²) in [6, 6.07) is -0.476. The summed E-state index contributed by atoms with van der Waals surface area (Å²) in [7, 11) is 0. The minimum absolute atomic E-state index is 0.476. The van der Waals surface area contributed by atoms with E-state index in [-0.39, 0.29) is 0 Å². The average Bonchev–Trinajstić information content (AvgIpc) is 2.92. The van der Waals surface area contributed by atoms with Gasteiger partial charge in [0.1, 0.15) is 0 Å². The van der Waals surface area contributed by atoms with Crippen molar-refractivity contribution in [1.29, 1.82) is 0 Å². The molecule has 0 saturated carbocycles. The number of benzene rings is 1. The number of rotatable bonds is 1. The summed E-state index contributed by atoms with van der Waals surface area (Å²) >= 11 is 6.46. The molecule has 2 aliphatic rings. The highest BCUT2D eigenvalue weighted by atomic mass is 35.5. The first-order valence-corrected chi connectivity index (χ1v) is 6.47. The van der Waals surface area contributed by atoms with Crippen molar-refractivity contribution in [1.82, 2.24) is 0 Å². The van der Waals surface area contributed by atoms with Crippen molar-refractivity contribution in [3.63, 3.8) is 0 Å². The second-order valence-corrected chi connectivity index (χ2v) is 5.18. The molecule has 90 valence electrons. The molecule has 2 amide bonds. The Morgan fingerprint density at radius 2 is 1.47 bits per heavy atom. The molecular formula is C13H15ClN2O. The zero-order valence-corrected chi connectivity index (χ0v) is 10.4. The second-order valence-electron chi connectivity index (χ2n) is 4.80. The molecular weight excluding hydrogens is 236 g/mol. The summed E-state index contributed by atoms with van der Waals surface area (Å²) in [6.45, 7) is 0. The van der Waals surface area contributed by atoms with Crippen LogP contribution in [0.2, 0.25) is 5.02 Å². The van der Waals surface area contributed by atoms with Crippen LogP contribution in [-0.2, 0) is 25.7 Å². The standard InChI is InChI=1S/C13H15ClN2O/c14-11-7-3-1-5-9(7)12(16-13(15)17)10-6-2-4-8(10)11/h1-6H2,(H3,15,16,17). The maximum Gasteiger partial charge on any atom is 0.316 e. The Morgan fingerprint density at radius 3 is 1.94 bits per heavy atom. The van der Waals surface area contributed by atoms with Gasteiger partial charge < -0.3 is 11.1 Å². The lowest BCUT2D eigenvalue weighted by atomic mass is 9.98. The lowest BCUT2D eigenvalue weighted by Gasteiger charge is -2.16. The third-order valence-corrected chi connectivity index (χ3v) is 4.27. The number of urea groups is 1. The number of carbonyl (C=O) groups is 1. The molecule has 0 aliphatic heterocycles. The number of hydrogen-bond donors (Lipinski definition) is 2. The van der Waals surface area contributed by atoms with Gasteiger partial charge in [-0.25, -0.2) is 4.79 Å². The quantitative estimate of drug-likeness (QED) is 0.791. The van der Waals surface area contributed by atoms with E-state index in [4.69, 9.17) is 17.3 Å². The Kier molecular flexibility index (Phi) is 2.51. The molecule has 0 aromatic heterocycles. The molecule has 1 aromatic carbocycles. The maximum absolute atomic E-state index is 11.1. The van der Waals surface area contributed by atoms with E-state index in [9.17, 15) is 4.79 Å². The third-order valence-electron chi connectivity index (χ3n) is 3.82. The first-order chi connectivity index (χ1) is 8.18. The van der Waals surface area contributed by atoms with E-state index in [2.05, 4.69) is 5.32 Å². The van der Waals surface area contributed by atoms with Crippen molar-refractivity contribution in [2.24, 2.45) is 5.73 Å². The Bertz CT molecular complexity index is 476. The molecule has 3 nitrogen and oxygen atoms in total. The average molecular weight is 251 g/mol. The van der Waals surface area contributed by atoms with Gasteiger partial charge in [-0.3, -0.25) is 0 Å². The Morgan fingerprint density at radius 1 is 1.00 bits per heavy atom. The van der Waals surface area contributed by atoms with Crippen molar-refractivity contribution in [2.45, 2.75) is 38.5 Å². The second kappa shape index (κ2) is 3.91. The van der Waals surface area contributed by atoms with Gasteiger partial charge in [-0.1, -0.05) is 11.6 Å². The van der Waals surface area contributed by atoms with Crippen LogP contribution in [0.5, 0.6) is 0 Å². The third kappa shape index (κ3) is 1.61. The SMILES string of the molecule is NC(=O)Nc1c2c(c(Cl)c3c1CCC3)CCC2. The van der Waals surface area contributed by atoms with E-state index < -0.39 is 6.03 Å². The summed E-state index contributed by atoms with van der Waals surface area (Å²) in [6.07, 6.45) is 6.27. The molecule has 0 unspecified atom stereocenters. The van der Waals surface area contributed by atoms with Gasteiger partial charge in [-0.15, -0.1) is 0 Å². The highest BCUT2D eigenvalue weighted by molar-refractivity contribution is 6.32. The molecule has 4 heteroatoms. The smallest absolute Gasteiger partial charge is 0.316 e. The van der Waals surface area contributed by atoms with Gasteiger partial charge >= 0.3 is 6.03 Å². The van der Waals surface area contributed by atoms with Gasteiger partial charge in [0, 0.05) is 10.7 Å². The molecule has 0 spiro atoms. The number of fused-ring (bicyclic) bond motifs is 2. The van der Waals surface area contributed by atoms with Gasteiger partial charge in [-0.2, -0.15) is 0 Å². The van der Waals surface area contributed by atoms with E-state index in [0.717, 1.165) is 49.2 Å². The highest BCUT2D eigenvalue weighted by Gasteiger charge is 2.28. The largest absolute Gasteiger partial charge is 0.351 e. The van der Waals surface area contributed by atoms with Crippen molar-refractivity contribution in [3.8, 4) is 0 Å². The lowest BCUT2D eigenvalue weighted by molar-refractivity contribution is 0.259. The Labute approximate surface area is 105 Å². The topological polar surface area (TPSA) is 55.1 Å². The monoisotopic (exact) mass is 250 g/mol. The first-order valence-electron chi connectivity index (χ1n) is 6.10. The molecule has 0 radical (unpaired) electrons. The molecule has 0 fully saturated rings. The molecule has 0 bridgehead atoms. The van der Waals surface area contributed by atoms with Crippen LogP contribution >= 0.6 is 11.6 Å². The number of nitrogens with two attached hydrogens (primary N) is 1. The normalized spacial score (nSPS) is 16.8. The number of nitrogens with one attached hydrogen (secondary N) is 1. The van der Waals surface area contributed by atoms with Crippen LogP contribution in [0, 0.1) is 0 Å². The van der Waals surface area contributed by atoms with Crippen molar-refractivity contribution < 1.29 is 4.79 Å². The highest BCUT2D eigenvalue weighted by Crippen LogP contribution is 2.43. The molecule has 0 atom stereocenters. The molecule has 2 aliphatic carbocycles. The minimum atomic E-state index is -0.476. The summed E-state index contributed by atoms with van der Waals surface area (Å²) in [5.74, 6) is 0. The van der Waals surface area contributed by atoms with E-state index in [0.29, 0.717) is 0 Å². The summed E-state index contributed by atoms with van der Waals surface area (Å²) < 4.78 is 0. The maximum atomic E-state index is 11.1. The van der Waals surface area contributed by atoms with Gasteiger partial charge in [0.15, 0.2) is 0 Å². The van der Waals surface area contributed by atoms with Crippen molar-refractivity contribution in [2.75, 3.05) is 5.32 Å². The molecule has 1 aromatic rings. The van der Waals surface area contributed by atoms with Crippen LogP contribution in [0.3, 0.4) is 0 Å². The van der Waals surface area contributed by atoms with Crippen LogP contribution in [-0.4, -0.2) is 6.03 Å². The fourth-order valence-electron chi connectivity index (χ4n) is 3.16. The predicted molar refractivity (Wildman–Crippen MR) is 68.7 cm³/mol. The van der Waals surface area contributed by atoms with Crippen LogP contribution in [0.1, 0.15) is 35.1 Å². The fourth-order valence-corrected chi connectivity index (χ4v) is 3.58. The van der Waals surface area contributed by atoms with Crippen LogP contribution in [0.4, 0.5) is 10.5 Å². The van der Waals surface area contributed by atoms with Gasteiger partial charge in [0.05, 0.1) is 0 Å². The molecule has 17 heavy (non-hydrogen) atoms. The van der Waals surface area contributed by atoms with Gasteiger partial charge in [0.2, 0.25) is 0 Å². The van der Waals surface area contributed by atoms with Crippen molar-refractivity contribution >= 4 is 23.3 Å². The number of halogens is 1. The van der Waals surface area contributed by atoms with Crippen LogP contribution < -0.4 is 11.1 Å². The Balaban J connectivity index is 2.22. The number of primary amides is 1. The molecule has 0 saturated heterocycles. The number of anilines is 1. The summed E-state index contributed by atoms with van der Waals surface area (Å²) in [5.41, 5.74) is 11.1. The summed E-state index contributed by atoms with van der Waals surface area (Å²) in [5, 5.41) is 3.76. The zero-order chi connectivity index (χ0) is 12.0. The van der Waals surface area contributed by atoms with Crippen LogP contribution in [0.25, 0.3) is 0 Å². The van der Waals surface area contributed by atoms with E-state index in [1.807, 2.05) is 0 Å². The molecule has 0 heterocycles. The van der Waals surface area contributed by atoms with E-state index in [1.165, 1.54) is 22.3 Å². The van der Waals surface area contributed by atoms with Crippen molar-refractivity contribution in [3.05, 3.63) is 27.3 Å². The van der Waals surface area contributed by atoms with Gasteiger partial charge in [-0.05, 0) is 60.8 Å². The summed E-state index contributed by atoms with van der Waals surface area (Å²) in [4.78, 5) is 11.1. The van der Waals surface area contributed by atoms with Gasteiger partial charge in [0.25, 0.3) is 0 Å². The number of hydrogen-bond acceptors (Lipinski definition) is 1. The minimum Gasteiger partial charge on any atom is -0.351 e. The fraction of sp³-hybridized carbons (Fsp3) is 0.462. The first kappa shape index (κ1) is 10.9. The Hall–Kier alpha value is -1.22. The predicted octanol–water partition coefficient (Wildman–Crippen LogP) is 2.81. The number of carbonyl (C=O) groups excluding carboxylic acids is 1. The van der Waals surface area contributed by atoms with E-state index >= 15 is 0 Å². The lowest BCUT2D eigenvalue weighted by Crippen LogP contribution is -2.21. The van der Waals surface area contributed by atoms with E-state index in [1.54, 1.807) is 0 Å². The molecule has 3 rings (SSSR count). The molecule has 3 N–H and O–H groups in total.